The van der Waals surface area contributed by atoms with Gasteiger partial charge in [-0.3, -0.25) is 4.40 Å². The van der Waals surface area contributed by atoms with Crippen molar-refractivity contribution < 1.29 is 0 Å². The van der Waals surface area contributed by atoms with E-state index in [1.807, 2.05) is 42.6 Å². The fraction of sp³-hybridized carbons (Fsp3) is 0.381. The smallest absolute Gasteiger partial charge is 0.139 e. The summed E-state index contributed by atoms with van der Waals surface area (Å²) in [6.45, 7) is 11.3. The maximum Gasteiger partial charge on any atom is 0.139 e. The van der Waals surface area contributed by atoms with Crippen LogP contribution in [0.15, 0.2) is 48.7 Å². The first-order valence-corrected chi connectivity index (χ1v) is 9.04. The SMILES string of the molecule is CC(C)(C)CC(C)(C)Nc1c(-c2cccc(Cl)c2)nc2ccccn12. The second-order valence-corrected chi connectivity index (χ2v) is 8.93. The maximum atomic E-state index is 6.21. The van der Waals surface area contributed by atoms with E-state index in [1.165, 1.54) is 0 Å². The average Bonchev–Trinajstić information content (AvgIpc) is 2.83. The van der Waals surface area contributed by atoms with Crippen LogP contribution < -0.4 is 5.32 Å². The molecule has 4 heteroatoms. The fourth-order valence-electron chi connectivity index (χ4n) is 3.64. The molecule has 25 heavy (non-hydrogen) atoms. The second-order valence-electron chi connectivity index (χ2n) is 8.49. The normalized spacial score (nSPS) is 12.6. The van der Waals surface area contributed by atoms with E-state index in [9.17, 15) is 0 Å². The molecule has 0 saturated carbocycles. The molecule has 2 heterocycles. The lowest BCUT2D eigenvalue weighted by molar-refractivity contribution is 0.302. The Labute approximate surface area is 155 Å². The topological polar surface area (TPSA) is 29.3 Å². The van der Waals surface area contributed by atoms with Crippen LogP contribution in [0.3, 0.4) is 0 Å². The summed E-state index contributed by atoms with van der Waals surface area (Å²) in [4.78, 5) is 4.85. The largest absolute Gasteiger partial charge is 0.364 e. The number of nitrogens with zero attached hydrogens (tertiary/aromatic N) is 2. The van der Waals surface area contributed by atoms with Crippen molar-refractivity contribution in [3.05, 3.63) is 53.7 Å². The standard InChI is InChI=1S/C21H26ClN3/c1-20(2,3)14-21(4,5)24-19-18(15-9-8-10-16(22)13-15)23-17-11-6-7-12-25(17)19/h6-13,24H,14H2,1-5H3. The number of pyridine rings is 1. The molecule has 0 aliphatic rings. The van der Waals surface area contributed by atoms with Crippen molar-refractivity contribution in [3.8, 4) is 11.3 Å². The molecule has 0 aliphatic carbocycles. The summed E-state index contributed by atoms with van der Waals surface area (Å²) in [5.74, 6) is 1.01. The number of halogens is 1. The lowest BCUT2D eigenvalue weighted by Crippen LogP contribution is -2.36. The Morgan fingerprint density at radius 1 is 1.04 bits per heavy atom. The molecule has 2 aromatic heterocycles. The molecule has 1 aromatic carbocycles. The van der Waals surface area contributed by atoms with Crippen molar-refractivity contribution >= 4 is 23.1 Å². The van der Waals surface area contributed by atoms with Gasteiger partial charge in [-0.15, -0.1) is 0 Å². The monoisotopic (exact) mass is 355 g/mol. The van der Waals surface area contributed by atoms with E-state index in [4.69, 9.17) is 16.6 Å². The molecule has 132 valence electrons. The summed E-state index contributed by atoms with van der Waals surface area (Å²) in [5, 5.41) is 4.46. The molecular weight excluding hydrogens is 330 g/mol. The van der Waals surface area contributed by atoms with Gasteiger partial charge in [0.2, 0.25) is 0 Å². The van der Waals surface area contributed by atoms with Crippen LogP contribution in [-0.2, 0) is 0 Å². The Kier molecular flexibility index (Phi) is 4.54. The number of aromatic nitrogens is 2. The van der Waals surface area contributed by atoms with E-state index in [1.54, 1.807) is 0 Å². The molecule has 0 bridgehead atoms. The van der Waals surface area contributed by atoms with E-state index in [0.29, 0.717) is 0 Å². The summed E-state index contributed by atoms with van der Waals surface area (Å²) in [7, 11) is 0. The van der Waals surface area contributed by atoms with E-state index in [-0.39, 0.29) is 11.0 Å². The fourth-order valence-corrected chi connectivity index (χ4v) is 3.83. The first-order valence-electron chi connectivity index (χ1n) is 8.66. The van der Waals surface area contributed by atoms with Crippen molar-refractivity contribution in [2.75, 3.05) is 5.32 Å². The molecule has 0 unspecified atom stereocenters. The summed E-state index contributed by atoms with van der Waals surface area (Å²) >= 11 is 6.21. The molecular formula is C21H26ClN3. The van der Waals surface area contributed by atoms with Crippen LogP contribution in [-0.4, -0.2) is 14.9 Å². The zero-order valence-corrected chi connectivity index (χ0v) is 16.4. The lowest BCUT2D eigenvalue weighted by atomic mass is 9.82. The Bertz CT molecular complexity index is 888. The van der Waals surface area contributed by atoms with Crippen LogP contribution in [0.5, 0.6) is 0 Å². The predicted octanol–water partition coefficient (Wildman–Crippen LogP) is 6.28. The van der Waals surface area contributed by atoms with Crippen LogP contribution in [0.4, 0.5) is 5.82 Å². The third kappa shape index (κ3) is 4.16. The minimum absolute atomic E-state index is 0.0720. The minimum Gasteiger partial charge on any atom is -0.364 e. The Morgan fingerprint density at radius 3 is 2.48 bits per heavy atom. The Hall–Kier alpha value is -2.00. The van der Waals surface area contributed by atoms with E-state index in [0.717, 1.165) is 34.2 Å². The zero-order valence-electron chi connectivity index (χ0n) is 15.6. The molecule has 0 amide bonds. The number of rotatable bonds is 4. The molecule has 0 fully saturated rings. The molecule has 0 spiro atoms. The van der Waals surface area contributed by atoms with Crippen molar-refractivity contribution in [2.45, 2.75) is 46.6 Å². The van der Waals surface area contributed by atoms with Gasteiger partial charge in [0.05, 0.1) is 0 Å². The summed E-state index contributed by atoms with van der Waals surface area (Å²) in [5.41, 5.74) is 3.03. The molecule has 3 aromatic rings. The van der Waals surface area contributed by atoms with Gasteiger partial charge in [-0.1, -0.05) is 50.6 Å². The first kappa shape index (κ1) is 17.8. The number of anilines is 1. The lowest BCUT2D eigenvalue weighted by Gasteiger charge is -2.34. The van der Waals surface area contributed by atoms with Gasteiger partial charge in [0.1, 0.15) is 17.2 Å². The van der Waals surface area contributed by atoms with Crippen LogP contribution in [0.25, 0.3) is 16.9 Å². The quantitative estimate of drug-likeness (QED) is 0.596. The van der Waals surface area contributed by atoms with Gasteiger partial charge in [-0.05, 0) is 49.9 Å². The van der Waals surface area contributed by atoms with Crippen molar-refractivity contribution in [2.24, 2.45) is 5.41 Å². The van der Waals surface area contributed by atoms with E-state index in [2.05, 4.69) is 50.4 Å². The number of benzene rings is 1. The predicted molar refractivity (Wildman–Crippen MR) is 107 cm³/mol. The highest BCUT2D eigenvalue weighted by Crippen LogP contribution is 2.35. The van der Waals surface area contributed by atoms with Gasteiger partial charge in [0.25, 0.3) is 0 Å². The van der Waals surface area contributed by atoms with E-state index >= 15 is 0 Å². The van der Waals surface area contributed by atoms with Crippen molar-refractivity contribution in [3.63, 3.8) is 0 Å². The Morgan fingerprint density at radius 2 is 1.80 bits per heavy atom. The van der Waals surface area contributed by atoms with Gasteiger partial charge < -0.3 is 5.32 Å². The Balaban J connectivity index is 2.11. The molecule has 1 N–H and O–H groups in total. The number of nitrogens with one attached hydrogen (secondary N) is 1. The van der Waals surface area contributed by atoms with Crippen LogP contribution in [0.1, 0.15) is 41.0 Å². The number of imidazole rings is 1. The van der Waals surface area contributed by atoms with Gasteiger partial charge in [0.15, 0.2) is 0 Å². The van der Waals surface area contributed by atoms with E-state index < -0.39 is 0 Å². The van der Waals surface area contributed by atoms with Crippen LogP contribution >= 0.6 is 11.6 Å². The zero-order chi connectivity index (χ0) is 18.2. The second kappa shape index (κ2) is 6.38. The highest BCUT2D eigenvalue weighted by atomic mass is 35.5. The van der Waals surface area contributed by atoms with Gasteiger partial charge in [0, 0.05) is 22.3 Å². The third-order valence-electron chi connectivity index (χ3n) is 4.06. The van der Waals surface area contributed by atoms with Crippen LogP contribution in [0, 0.1) is 5.41 Å². The number of hydrogen-bond donors (Lipinski definition) is 1. The van der Waals surface area contributed by atoms with Crippen molar-refractivity contribution in [1.82, 2.24) is 9.38 Å². The highest BCUT2D eigenvalue weighted by molar-refractivity contribution is 6.30. The molecule has 0 saturated heterocycles. The van der Waals surface area contributed by atoms with Crippen LogP contribution in [0.2, 0.25) is 5.02 Å². The molecule has 3 nitrogen and oxygen atoms in total. The third-order valence-corrected chi connectivity index (χ3v) is 4.29. The van der Waals surface area contributed by atoms with Gasteiger partial charge >= 0.3 is 0 Å². The summed E-state index contributed by atoms with van der Waals surface area (Å²) in [6, 6.07) is 13.9. The summed E-state index contributed by atoms with van der Waals surface area (Å²) < 4.78 is 2.11. The molecule has 0 aliphatic heterocycles. The summed E-state index contributed by atoms with van der Waals surface area (Å²) in [6.07, 6.45) is 3.08. The molecule has 3 rings (SSSR count). The maximum absolute atomic E-state index is 6.21. The van der Waals surface area contributed by atoms with Gasteiger partial charge in [-0.25, -0.2) is 4.98 Å². The number of hydrogen-bond acceptors (Lipinski definition) is 2. The average molecular weight is 356 g/mol. The van der Waals surface area contributed by atoms with Gasteiger partial charge in [-0.2, -0.15) is 0 Å². The molecule has 0 atom stereocenters. The minimum atomic E-state index is -0.0720. The number of fused-ring (bicyclic) bond motifs is 1. The van der Waals surface area contributed by atoms with Crippen molar-refractivity contribution in [1.29, 1.82) is 0 Å². The highest BCUT2D eigenvalue weighted by Gasteiger charge is 2.28. The molecule has 0 radical (unpaired) electrons. The first-order chi connectivity index (χ1) is 11.6.